The summed E-state index contributed by atoms with van der Waals surface area (Å²) < 4.78 is 12.3. The Morgan fingerprint density at radius 1 is 1.28 bits per heavy atom. The van der Waals surface area contributed by atoms with Gasteiger partial charge < -0.3 is 19.3 Å². The van der Waals surface area contributed by atoms with Crippen LogP contribution in [0.4, 0.5) is 10.5 Å². The lowest BCUT2D eigenvalue weighted by atomic mass is 10.1. The molecule has 0 unspecified atom stereocenters. The van der Waals surface area contributed by atoms with E-state index in [2.05, 4.69) is 15.0 Å². The zero-order valence-corrected chi connectivity index (χ0v) is 16.9. The van der Waals surface area contributed by atoms with Gasteiger partial charge in [0.05, 0.1) is 30.1 Å². The molecule has 8 nitrogen and oxygen atoms in total. The molecule has 2 aromatic heterocycles. The molecule has 2 aliphatic heterocycles. The molecule has 0 atom stereocenters. The molecule has 1 aliphatic carbocycles. The minimum Gasteiger partial charge on any atom is -0.441 e. The normalized spacial score (nSPS) is 19.4. The van der Waals surface area contributed by atoms with Crippen LogP contribution in [-0.2, 0) is 22.9 Å². The average Bonchev–Trinajstić information content (AvgIpc) is 3.28. The molecule has 9 heteroatoms. The summed E-state index contributed by atoms with van der Waals surface area (Å²) in [5, 5.41) is 5.00. The van der Waals surface area contributed by atoms with Crippen LogP contribution in [0.1, 0.15) is 16.8 Å². The molecule has 0 N–H and O–H groups in total. The van der Waals surface area contributed by atoms with Gasteiger partial charge in [0.25, 0.3) is 0 Å². The van der Waals surface area contributed by atoms with Gasteiger partial charge in [-0.15, -0.1) is 0 Å². The van der Waals surface area contributed by atoms with Gasteiger partial charge >= 0.3 is 6.09 Å². The van der Waals surface area contributed by atoms with E-state index in [9.17, 15) is 4.79 Å². The molecule has 1 amide bonds. The number of piperazine rings is 1. The van der Waals surface area contributed by atoms with Crippen LogP contribution in [-0.4, -0.2) is 71.3 Å². The number of amides is 1. The third kappa shape index (κ3) is 3.36. The zero-order chi connectivity index (χ0) is 20.0. The van der Waals surface area contributed by atoms with Crippen molar-refractivity contribution in [3.05, 3.63) is 41.5 Å². The predicted octanol–water partition coefficient (Wildman–Crippen LogP) is 2.14. The molecular weight excluding hydrogens is 394 g/mol. The molecule has 0 spiro atoms. The number of pyridine rings is 1. The van der Waals surface area contributed by atoms with Crippen molar-refractivity contribution in [3.8, 4) is 0 Å². The van der Waals surface area contributed by atoms with Gasteiger partial charge in [-0.25, -0.2) is 4.79 Å². The van der Waals surface area contributed by atoms with E-state index >= 15 is 0 Å². The SMILES string of the molecule is Cn1cc(C2=C(Cl)c3c(N4CCN(C(=O)OC5COC5)CC4)ccnc3C2)cn1. The first-order valence-corrected chi connectivity index (χ1v) is 10.1. The van der Waals surface area contributed by atoms with E-state index in [1.54, 1.807) is 9.58 Å². The maximum Gasteiger partial charge on any atom is 0.410 e. The Bertz CT molecular complexity index is 976. The second kappa shape index (κ2) is 7.35. The van der Waals surface area contributed by atoms with Crippen LogP contribution in [0.3, 0.4) is 0 Å². The Balaban J connectivity index is 1.33. The molecular formula is C20H22ClN5O3. The molecule has 2 saturated heterocycles. The van der Waals surface area contributed by atoms with Gasteiger partial charge in [0, 0.05) is 68.9 Å². The van der Waals surface area contributed by atoms with E-state index in [-0.39, 0.29) is 12.2 Å². The topological polar surface area (TPSA) is 72.7 Å². The van der Waals surface area contributed by atoms with Crippen molar-refractivity contribution in [3.63, 3.8) is 0 Å². The van der Waals surface area contributed by atoms with Gasteiger partial charge in [-0.2, -0.15) is 5.10 Å². The minimum atomic E-state index is -0.255. The second-order valence-electron chi connectivity index (χ2n) is 7.54. The number of anilines is 1. The van der Waals surface area contributed by atoms with Gasteiger partial charge in [0.15, 0.2) is 6.10 Å². The minimum absolute atomic E-state index is 0.0983. The maximum absolute atomic E-state index is 12.3. The number of rotatable bonds is 3. The average molecular weight is 416 g/mol. The summed E-state index contributed by atoms with van der Waals surface area (Å²) in [5.41, 5.74) is 5.13. The van der Waals surface area contributed by atoms with Crippen molar-refractivity contribution >= 4 is 34.0 Å². The number of halogens is 1. The van der Waals surface area contributed by atoms with Crippen molar-refractivity contribution in [2.24, 2.45) is 7.05 Å². The fourth-order valence-corrected chi connectivity index (χ4v) is 4.34. The van der Waals surface area contributed by atoms with Crippen LogP contribution in [0, 0.1) is 0 Å². The van der Waals surface area contributed by atoms with Gasteiger partial charge in [-0.05, 0) is 11.6 Å². The summed E-state index contributed by atoms with van der Waals surface area (Å²) in [7, 11) is 1.90. The van der Waals surface area contributed by atoms with Crippen LogP contribution in [0.15, 0.2) is 24.7 Å². The summed E-state index contributed by atoms with van der Waals surface area (Å²) in [6.45, 7) is 3.66. The zero-order valence-electron chi connectivity index (χ0n) is 16.2. The van der Waals surface area contributed by atoms with Crippen molar-refractivity contribution in [1.82, 2.24) is 19.7 Å². The smallest absolute Gasteiger partial charge is 0.410 e. The molecule has 5 rings (SSSR count). The number of ether oxygens (including phenoxy) is 2. The molecule has 0 saturated carbocycles. The highest BCUT2D eigenvalue weighted by Gasteiger charge is 2.31. The maximum atomic E-state index is 12.3. The van der Waals surface area contributed by atoms with Crippen LogP contribution in [0.2, 0.25) is 0 Å². The predicted molar refractivity (Wildman–Crippen MR) is 109 cm³/mol. The second-order valence-corrected chi connectivity index (χ2v) is 7.92. The van der Waals surface area contributed by atoms with Crippen molar-refractivity contribution in [2.45, 2.75) is 12.5 Å². The van der Waals surface area contributed by atoms with E-state index in [1.165, 1.54) is 0 Å². The lowest BCUT2D eigenvalue weighted by Gasteiger charge is -2.37. The van der Waals surface area contributed by atoms with E-state index < -0.39 is 0 Å². The molecule has 2 aromatic rings. The van der Waals surface area contributed by atoms with E-state index in [1.807, 2.05) is 31.7 Å². The molecule has 3 aliphatic rings. The molecule has 2 fully saturated rings. The van der Waals surface area contributed by atoms with Crippen LogP contribution < -0.4 is 4.90 Å². The summed E-state index contributed by atoms with van der Waals surface area (Å²) in [5.74, 6) is 0. The van der Waals surface area contributed by atoms with Crippen LogP contribution in [0.5, 0.6) is 0 Å². The number of nitrogens with zero attached hydrogens (tertiary/aromatic N) is 5. The lowest BCUT2D eigenvalue weighted by Crippen LogP contribution is -2.51. The fourth-order valence-electron chi connectivity index (χ4n) is 3.96. The number of carbonyl (C=O) groups is 1. The summed E-state index contributed by atoms with van der Waals surface area (Å²) in [6.07, 6.45) is 5.99. The quantitative estimate of drug-likeness (QED) is 0.764. The Hall–Kier alpha value is -2.58. The number of aryl methyl sites for hydroxylation is 1. The highest BCUT2D eigenvalue weighted by Crippen LogP contribution is 2.44. The van der Waals surface area contributed by atoms with Crippen molar-refractivity contribution in [1.29, 1.82) is 0 Å². The fraction of sp³-hybridized carbons (Fsp3) is 0.450. The Kier molecular flexibility index (Phi) is 4.67. The molecule has 0 bridgehead atoms. The first kappa shape index (κ1) is 18.4. The van der Waals surface area contributed by atoms with Gasteiger partial charge in [0.2, 0.25) is 0 Å². The largest absolute Gasteiger partial charge is 0.441 e. The molecule has 152 valence electrons. The third-order valence-electron chi connectivity index (χ3n) is 5.64. The highest BCUT2D eigenvalue weighted by atomic mass is 35.5. The molecule has 4 heterocycles. The standard InChI is InChI=1S/C20H22ClN5O3/c1-24-10-13(9-23-24)15-8-16-18(19(15)21)17(2-3-22-16)25-4-6-26(7-5-25)20(27)29-14-11-28-12-14/h2-3,9-10,14H,4-8,11-12H2,1H3. The lowest BCUT2D eigenvalue weighted by molar-refractivity contribution is -0.104. The van der Waals surface area contributed by atoms with E-state index in [0.717, 1.165) is 46.2 Å². The first-order valence-electron chi connectivity index (χ1n) is 9.74. The Labute approximate surface area is 173 Å². The monoisotopic (exact) mass is 415 g/mol. The van der Waals surface area contributed by atoms with Gasteiger partial charge in [-0.1, -0.05) is 11.6 Å². The molecule has 0 radical (unpaired) electrons. The van der Waals surface area contributed by atoms with Crippen LogP contribution in [0.25, 0.3) is 10.6 Å². The van der Waals surface area contributed by atoms with Crippen molar-refractivity contribution < 1.29 is 14.3 Å². The van der Waals surface area contributed by atoms with E-state index in [4.69, 9.17) is 21.1 Å². The molecule has 29 heavy (non-hydrogen) atoms. The third-order valence-corrected chi connectivity index (χ3v) is 6.06. The van der Waals surface area contributed by atoms with Gasteiger partial charge in [0.1, 0.15) is 0 Å². The van der Waals surface area contributed by atoms with Crippen molar-refractivity contribution in [2.75, 3.05) is 44.3 Å². The Morgan fingerprint density at radius 2 is 2.07 bits per heavy atom. The number of hydrogen-bond donors (Lipinski definition) is 0. The number of carbonyl (C=O) groups excluding carboxylic acids is 1. The summed E-state index contributed by atoms with van der Waals surface area (Å²) in [6, 6.07) is 2.01. The number of hydrogen-bond acceptors (Lipinski definition) is 6. The summed E-state index contributed by atoms with van der Waals surface area (Å²) in [4.78, 5) is 20.9. The van der Waals surface area contributed by atoms with Crippen LogP contribution >= 0.6 is 11.6 Å². The number of allylic oxidation sites excluding steroid dienone is 1. The first-order chi connectivity index (χ1) is 14.1. The Morgan fingerprint density at radius 3 is 2.72 bits per heavy atom. The summed E-state index contributed by atoms with van der Waals surface area (Å²) >= 11 is 6.82. The van der Waals surface area contributed by atoms with Gasteiger partial charge in [-0.3, -0.25) is 9.67 Å². The number of aromatic nitrogens is 3. The molecule has 0 aromatic carbocycles. The van der Waals surface area contributed by atoms with E-state index in [0.29, 0.717) is 32.7 Å². The highest BCUT2D eigenvalue weighted by molar-refractivity contribution is 6.54. The number of fused-ring (bicyclic) bond motifs is 1.